The number of hydrogen-bond donors (Lipinski definition) is 2. The number of rotatable bonds is 8. The van der Waals surface area contributed by atoms with Gasteiger partial charge in [0.25, 0.3) is 0 Å². The Balaban J connectivity index is 2.72. The third-order valence-corrected chi connectivity index (χ3v) is 2.98. The zero-order chi connectivity index (χ0) is 13.5. The van der Waals surface area contributed by atoms with Gasteiger partial charge in [0.2, 0.25) is 0 Å². The Labute approximate surface area is 106 Å². The minimum absolute atomic E-state index is 0.0659. The monoisotopic (exact) mass is 256 g/mol. The van der Waals surface area contributed by atoms with E-state index in [2.05, 4.69) is 23.9 Å². The average molecular weight is 256 g/mol. The molecular formula is C12H20N2O4. The minimum Gasteiger partial charge on any atom is -0.476 e. The summed E-state index contributed by atoms with van der Waals surface area (Å²) in [5.41, 5.74) is -0.0847. The predicted molar refractivity (Wildman–Crippen MR) is 65.3 cm³/mol. The molecule has 2 N–H and O–H groups in total. The molecule has 0 spiro atoms. The van der Waals surface area contributed by atoms with Crippen LogP contribution in [0.15, 0.2) is 10.6 Å². The van der Waals surface area contributed by atoms with Gasteiger partial charge in [-0.3, -0.25) is 4.90 Å². The summed E-state index contributed by atoms with van der Waals surface area (Å²) in [4.78, 5) is 12.8. The molecule has 1 aromatic rings. The number of carboxylic acids is 1. The third kappa shape index (κ3) is 3.82. The van der Waals surface area contributed by atoms with Gasteiger partial charge in [0.05, 0.1) is 13.2 Å². The summed E-state index contributed by atoms with van der Waals surface area (Å²) in [5.74, 6) is -0.589. The molecule has 1 rings (SSSR count). The van der Waals surface area contributed by atoms with Gasteiger partial charge >= 0.3 is 5.97 Å². The molecule has 0 atom stereocenters. The molecule has 0 aromatic carbocycles. The van der Waals surface area contributed by atoms with Gasteiger partial charge in [-0.05, 0) is 12.8 Å². The first-order chi connectivity index (χ1) is 8.62. The summed E-state index contributed by atoms with van der Waals surface area (Å²) in [7, 11) is 0. The van der Waals surface area contributed by atoms with Crippen molar-refractivity contribution in [2.45, 2.75) is 39.3 Å². The van der Waals surface area contributed by atoms with E-state index in [-0.39, 0.29) is 12.3 Å². The molecule has 0 bridgehead atoms. The highest BCUT2D eigenvalue weighted by atomic mass is 16.5. The van der Waals surface area contributed by atoms with Crippen LogP contribution in [0, 0.1) is 0 Å². The average Bonchev–Trinajstić information content (AvgIpc) is 2.79. The third-order valence-electron chi connectivity index (χ3n) is 2.98. The van der Waals surface area contributed by atoms with Crippen LogP contribution in [0.5, 0.6) is 0 Å². The van der Waals surface area contributed by atoms with E-state index >= 15 is 0 Å². The Morgan fingerprint density at radius 3 is 2.61 bits per heavy atom. The van der Waals surface area contributed by atoms with Crippen LogP contribution in [-0.4, -0.2) is 45.4 Å². The first kappa shape index (κ1) is 14.7. The van der Waals surface area contributed by atoms with Crippen molar-refractivity contribution in [3.8, 4) is 0 Å². The van der Waals surface area contributed by atoms with E-state index in [9.17, 15) is 4.79 Å². The molecular weight excluding hydrogens is 236 g/mol. The molecule has 18 heavy (non-hydrogen) atoms. The topological polar surface area (TPSA) is 86.8 Å². The van der Waals surface area contributed by atoms with Crippen molar-refractivity contribution in [2.24, 2.45) is 0 Å². The van der Waals surface area contributed by atoms with Crippen molar-refractivity contribution < 1.29 is 19.5 Å². The Morgan fingerprint density at radius 2 is 2.17 bits per heavy atom. The maximum absolute atomic E-state index is 10.7. The fraction of sp³-hybridized carbons (Fsp3) is 0.667. The lowest BCUT2D eigenvalue weighted by Gasteiger charge is -2.28. The molecule has 0 amide bonds. The molecule has 0 aliphatic rings. The van der Waals surface area contributed by atoms with Crippen LogP contribution >= 0.6 is 0 Å². The number of hydrogen-bond acceptors (Lipinski definition) is 5. The molecule has 0 aliphatic carbocycles. The first-order valence-electron chi connectivity index (χ1n) is 6.16. The molecule has 0 unspecified atom stereocenters. The maximum atomic E-state index is 10.7. The molecule has 0 saturated heterocycles. The number of carboxylic acid groups (broad SMARTS) is 1. The van der Waals surface area contributed by atoms with Crippen LogP contribution in [0.4, 0.5) is 0 Å². The Morgan fingerprint density at radius 1 is 1.50 bits per heavy atom. The van der Waals surface area contributed by atoms with Gasteiger partial charge in [0.15, 0.2) is 11.5 Å². The lowest BCUT2D eigenvalue weighted by molar-refractivity contribution is 0.0685. The smallest absolute Gasteiger partial charge is 0.358 e. The van der Waals surface area contributed by atoms with Crippen molar-refractivity contribution >= 4 is 5.97 Å². The summed E-state index contributed by atoms with van der Waals surface area (Å²) >= 11 is 0. The van der Waals surface area contributed by atoms with Gasteiger partial charge in [-0.15, -0.1) is 0 Å². The van der Waals surface area contributed by atoms with E-state index in [1.165, 1.54) is 6.07 Å². The van der Waals surface area contributed by atoms with Crippen LogP contribution < -0.4 is 0 Å². The molecule has 6 nitrogen and oxygen atoms in total. The van der Waals surface area contributed by atoms with Crippen LogP contribution in [-0.2, 0) is 6.54 Å². The SMILES string of the molecule is CCC(CC)N(CCO)Cc1cc(C(=O)O)no1. The largest absolute Gasteiger partial charge is 0.476 e. The molecule has 0 fully saturated rings. The van der Waals surface area contributed by atoms with Crippen LogP contribution in [0.3, 0.4) is 0 Å². The molecule has 1 aromatic heterocycles. The summed E-state index contributed by atoms with van der Waals surface area (Å²) in [6, 6.07) is 1.77. The van der Waals surface area contributed by atoms with E-state index in [0.717, 1.165) is 12.8 Å². The summed E-state index contributed by atoms with van der Waals surface area (Å²) in [6.07, 6.45) is 1.94. The van der Waals surface area contributed by atoms with Crippen molar-refractivity contribution in [1.82, 2.24) is 10.1 Å². The van der Waals surface area contributed by atoms with E-state index in [4.69, 9.17) is 14.7 Å². The number of aromatic nitrogens is 1. The first-order valence-corrected chi connectivity index (χ1v) is 6.16. The normalized spacial score (nSPS) is 11.4. The van der Waals surface area contributed by atoms with Gasteiger partial charge in [0.1, 0.15) is 0 Å². The summed E-state index contributed by atoms with van der Waals surface area (Å²) < 4.78 is 4.99. The number of carbonyl (C=O) groups is 1. The van der Waals surface area contributed by atoms with Gasteiger partial charge in [-0.1, -0.05) is 19.0 Å². The van der Waals surface area contributed by atoms with Crippen molar-refractivity contribution in [1.29, 1.82) is 0 Å². The van der Waals surface area contributed by atoms with Crippen LogP contribution in [0.2, 0.25) is 0 Å². The summed E-state index contributed by atoms with van der Waals surface area (Å²) in [5, 5.41) is 21.3. The number of aromatic carboxylic acids is 1. The van der Waals surface area contributed by atoms with Crippen LogP contribution in [0.25, 0.3) is 0 Å². The molecule has 0 radical (unpaired) electrons. The number of aliphatic hydroxyl groups excluding tert-OH is 1. The van der Waals surface area contributed by atoms with Gasteiger partial charge in [-0.2, -0.15) is 0 Å². The fourth-order valence-corrected chi connectivity index (χ4v) is 2.01. The second-order valence-electron chi connectivity index (χ2n) is 4.15. The highest BCUT2D eigenvalue weighted by Crippen LogP contribution is 2.14. The Bertz CT molecular complexity index is 374. The van der Waals surface area contributed by atoms with Crippen LogP contribution in [0.1, 0.15) is 42.9 Å². The van der Waals surface area contributed by atoms with Gasteiger partial charge < -0.3 is 14.7 Å². The second-order valence-corrected chi connectivity index (χ2v) is 4.15. The lowest BCUT2D eigenvalue weighted by Crippen LogP contribution is -2.36. The molecule has 0 aliphatic heterocycles. The molecule has 6 heteroatoms. The zero-order valence-corrected chi connectivity index (χ0v) is 10.8. The van der Waals surface area contributed by atoms with E-state index in [0.29, 0.717) is 24.9 Å². The number of aliphatic hydroxyl groups is 1. The Kier molecular flexibility index (Phi) is 5.80. The van der Waals surface area contributed by atoms with Crippen molar-refractivity contribution in [2.75, 3.05) is 13.2 Å². The highest BCUT2D eigenvalue weighted by molar-refractivity contribution is 5.85. The van der Waals surface area contributed by atoms with Gasteiger partial charge in [-0.25, -0.2) is 4.79 Å². The Hall–Kier alpha value is -1.40. The fourth-order valence-electron chi connectivity index (χ4n) is 2.01. The van der Waals surface area contributed by atoms with Gasteiger partial charge in [0, 0.05) is 18.7 Å². The maximum Gasteiger partial charge on any atom is 0.358 e. The van der Waals surface area contributed by atoms with E-state index < -0.39 is 5.97 Å². The second kappa shape index (κ2) is 7.13. The standard InChI is InChI=1S/C12H20N2O4/c1-3-9(4-2)14(5-6-15)8-10-7-11(12(16)17)13-18-10/h7,9,15H,3-6,8H2,1-2H3,(H,16,17). The van der Waals surface area contributed by atoms with Crippen molar-refractivity contribution in [3.05, 3.63) is 17.5 Å². The summed E-state index contributed by atoms with van der Waals surface area (Å²) in [6.45, 7) is 5.24. The molecule has 0 saturated carbocycles. The van der Waals surface area contributed by atoms with E-state index in [1.807, 2.05) is 0 Å². The molecule has 102 valence electrons. The zero-order valence-electron chi connectivity index (χ0n) is 10.8. The lowest BCUT2D eigenvalue weighted by atomic mass is 10.1. The quantitative estimate of drug-likeness (QED) is 0.730. The van der Waals surface area contributed by atoms with E-state index in [1.54, 1.807) is 0 Å². The minimum atomic E-state index is -1.10. The highest BCUT2D eigenvalue weighted by Gasteiger charge is 2.18. The predicted octanol–water partition coefficient (Wildman–Crippen LogP) is 1.36. The molecule has 1 heterocycles. The number of nitrogens with zero attached hydrogens (tertiary/aromatic N) is 2. The van der Waals surface area contributed by atoms with Crippen molar-refractivity contribution in [3.63, 3.8) is 0 Å².